The van der Waals surface area contributed by atoms with Gasteiger partial charge in [-0.25, -0.2) is 4.79 Å². The van der Waals surface area contributed by atoms with Crippen LogP contribution in [0.25, 0.3) is 0 Å². The zero-order chi connectivity index (χ0) is 19.2. The van der Waals surface area contributed by atoms with E-state index in [2.05, 4.69) is 5.32 Å². The van der Waals surface area contributed by atoms with Crippen molar-refractivity contribution in [3.05, 3.63) is 82.7 Å². The van der Waals surface area contributed by atoms with Crippen molar-refractivity contribution in [1.29, 1.82) is 0 Å². The van der Waals surface area contributed by atoms with Crippen LogP contribution in [0.1, 0.15) is 26.3 Å². The Morgan fingerprint density at radius 1 is 1.04 bits per heavy atom. The van der Waals surface area contributed by atoms with E-state index in [0.29, 0.717) is 23.2 Å². The van der Waals surface area contributed by atoms with Crippen molar-refractivity contribution >= 4 is 40.3 Å². The van der Waals surface area contributed by atoms with Crippen LogP contribution < -0.4 is 10.2 Å². The van der Waals surface area contributed by atoms with E-state index in [0.717, 1.165) is 5.00 Å². The minimum absolute atomic E-state index is 0.168. The molecule has 7 heteroatoms. The molecule has 0 aliphatic carbocycles. The molecule has 0 saturated heterocycles. The number of carbonyl (C=O) groups is 3. The van der Waals surface area contributed by atoms with Crippen LogP contribution in [0, 0.1) is 0 Å². The summed E-state index contributed by atoms with van der Waals surface area (Å²) in [6, 6.07) is 16.8. The van der Waals surface area contributed by atoms with Crippen molar-refractivity contribution in [2.24, 2.45) is 0 Å². The molecule has 27 heavy (non-hydrogen) atoms. The van der Waals surface area contributed by atoms with E-state index in [4.69, 9.17) is 5.11 Å². The number of thiophene rings is 1. The molecule has 0 saturated carbocycles. The van der Waals surface area contributed by atoms with Gasteiger partial charge in [0.05, 0.1) is 11.3 Å². The van der Waals surface area contributed by atoms with Crippen LogP contribution in [0.15, 0.2) is 66.0 Å². The largest absolute Gasteiger partial charge is 0.478 e. The predicted octanol–water partition coefficient (Wildman–Crippen LogP) is 3.67. The first kappa shape index (κ1) is 18.3. The Bertz CT molecular complexity index is 970. The molecule has 0 fully saturated rings. The number of benzene rings is 2. The molecule has 1 heterocycles. The number of amides is 2. The van der Waals surface area contributed by atoms with Gasteiger partial charge in [0.25, 0.3) is 5.91 Å². The lowest BCUT2D eigenvalue weighted by atomic mass is 10.1. The second-order valence-corrected chi connectivity index (χ2v) is 6.59. The second-order valence-electron chi connectivity index (χ2n) is 5.67. The molecule has 6 nitrogen and oxygen atoms in total. The molecule has 1 aromatic heterocycles. The van der Waals surface area contributed by atoms with Crippen LogP contribution in [0.4, 0.5) is 10.7 Å². The van der Waals surface area contributed by atoms with Gasteiger partial charge in [0.2, 0.25) is 6.41 Å². The standard InChI is InChI=1S/C20H16N2O4S/c23-13-22(18-8-3-9-27-18)17-7-2-5-15(11-17)19(24)21-12-14-4-1-6-16(10-14)20(25)26/h1-11,13H,12H2,(H,21,24)(H,25,26). The second kappa shape index (κ2) is 8.29. The molecule has 2 aromatic carbocycles. The molecule has 136 valence electrons. The SMILES string of the molecule is O=CN(c1cccc(C(=O)NCc2cccc(C(=O)O)c2)c1)c1cccs1. The molecule has 3 rings (SSSR count). The van der Waals surface area contributed by atoms with Crippen molar-refractivity contribution < 1.29 is 19.5 Å². The number of hydrogen-bond acceptors (Lipinski definition) is 4. The van der Waals surface area contributed by atoms with Gasteiger partial charge in [0.15, 0.2) is 0 Å². The molecule has 0 spiro atoms. The van der Waals surface area contributed by atoms with Gasteiger partial charge in [0, 0.05) is 12.1 Å². The Labute approximate surface area is 159 Å². The number of carbonyl (C=O) groups excluding carboxylic acids is 2. The molecule has 0 bridgehead atoms. The van der Waals surface area contributed by atoms with E-state index in [1.807, 2.05) is 17.5 Å². The first-order chi connectivity index (χ1) is 13.1. The third kappa shape index (κ3) is 4.39. The monoisotopic (exact) mass is 380 g/mol. The van der Waals surface area contributed by atoms with Crippen LogP contribution in [-0.4, -0.2) is 23.4 Å². The average molecular weight is 380 g/mol. The highest BCUT2D eigenvalue weighted by molar-refractivity contribution is 7.14. The highest BCUT2D eigenvalue weighted by Gasteiger charge is 2.12. The summed E-state index contributed by atoms with van der Waals surface area (Å²) >= 11 is 1.42. The Balaban J connectivity index is 1.73. The van der Waals surface area contributed by atoms with E-state index in [-0.39, 0.29) is 18.0 Å². The van der Waals surface area contributed by atoms with Gasteiger partial charge < -0.3 is 10.4 Å². The average Bonchev–Trinajstić information content (AvgIpc) is 3.21. The number of aromatic carboxylic acids is 1. The summed E-state index contributed by atoms with van der Waals surface area (Å²) in [5.41, 5.74) is 1.85. The lowest BCUT2D eigenvalue weighted by Gasteiger charge is -2.16. The van der Waals surface area contributed by atoms with Gasteiger partial charge in [0.1, 0.15) is 5.00 Å². The minimum Gasteiger partial charge on any atom is -0.478 e. The van der Waals surface area contributed by atoms with Crippen molar-refractivity contribution in [2.75, 3.05) is 4.90 Å². The van der Waals surface area contributed by atoms with E-state index in [1.54, 1.807) is 36.4 Å². The van der Waals surface area contributed by atoms with Crippen molar-refractivity contribution in [3.8, 4) is 0 Å². The third-order valence-corrected chi connectivity index (χ3v) is 4.73. The lowest BCUT2D eigenvalue weighted by molar-refractivity contribution is -0.106. The number of carboxylic acid groups (broad SMARTS) is 1. The van der Waals surface area contributed by atoms with Crippen LogP contribution >= 0.6 is 11.3 Å². The van der Waals surface area contributed by atoms with E-state index >= 15 is 0 Å². The molecular weight excluding hydrogens is 364 g/mol. The first-order valence-corrected chi connectivity index (χ1v) is 8.95. The van der Waals surface area contributed by atoms with Crippen molar-refractivity contribution in [2.45, 2.75) is 6.54 Å². The number of nitrogens with one attached hydrogen (secondary N) is 1. The Morgan fingerprint density at radius 3 is 2.52 bits per heavy atom. The van der Waals surface area contributed by atoms with E-state index in [1.165, 1.54) is 28.4 Å². The number of hydrogen-bond donors (Lipinski definition) is 2. The number of carboxylic acids is 1. The van der Waals surface area contributed by atoms with Gasteiger partial charge >= 0.3 is 5.97 Å². The van der Waals surface area contributed by atoms with Crippen LogP contribution in [0.2, 0.25) is 0 Å². The molecule has 2 amide bonds. The van der Waals surface area contributed by atoms with Gasteiger partial charge in [-0.15, -0.1) is 11.3 Å². The highest BCUT2D eigenvalue weighted by atomic mass is 32.1. The van der Waals surface area contributed by atoms with Crippen LogP contribution in [-0.2, 0) is 11.3 Å². The fourth-order valence-electron chi connectivity index (χ4n) is 2.54. The molecule has 3 aromatic rings. The summed E-state index contributed by atoms with van der Waals surface area (Å²) in [6.07, 6.45) is 0.709. The van der Waals surface area contributed by atoms with Gasteiger partial charge in [-0.1, -0.05) is 18.2 Å². The summed E-state index contributed by atoms with van der Waals surface area (Å²) in [4.78, 5) is 36.4. The molecule has 0 unspecified atom stereocenters. The molecule has 0 aliphatic heterocycles. The molecule has 0 radical (unpaired) electrons. The summed E-state index contributed by atoms with van der Waals surface area (Å²) in [5.74, 6) is -1.33. The maximum atomic E-state index is 12.5. The normalized spacial score (nSPS) is 10.2. The smallest absolute Gasteiger partial charge is 0.335 e. The quantitative estimate of drug-likeness (QED) is 0.612. The van der Waals surface area contributed by atoms with Crippen LogP contribution in [0.5, 0.6) is 0 Å². The molecule has 0 atom stereocenters. The zero-order valence-corrected chi connectivity index (χ0v) is 15.0. The fraction of sp³-hybridized carbons (Fsp3) is 0.0500. The maximum absolute atomic E-state index is 12.5. The zero-order valence-electron chi connectivity index (χ0n) is 14.2. The number of anilines is 2. The molecule has 2 N–H and O–H groups in total. The fourth-order valence-corrected chi connectivity index (χ4v) is 3.26. The highest BCUT2D eigenvalue weighted by Crippen LogP contribution is 2.28. The van der Waals surface area contributed by atoms with Gasteiger partial charge in [-0.2, -0.15) is 0 Å². The molecular formula is C20H16N2O4S. The van der Waals surface area contributed by atoms with Gasteiger partial charge in [-0.05, 0) is 53.4 Å². The van der Waals surface area contributed by atoms with E-state index < -0.39 is 5.97 Å². The molecule has 0 aliphatic rings. The Kier molecular flexibility index (Phi) is 5.63. The summed E-state index contributed by atoms with van der Waals surface area (Å²) in [5, 5.41) is 14.4. The number of nitrogens with zero attached hydrogens (tertiary/aromatic N) is 1. The van der Waals surface area contributed by atoms with Crippen molar-refractivity contribution in [3.63, 3.8) is 0 Å². The topological polar surface area (TPSA) is 86.7 Å². The van der Waals surface area contributed by atoms with Gasteiger partial charge in [-0.3, -0.25) is 14.5 Å². The summed E-state index contributed by atoms with van der Waals surface area (Å²) in [6.45, 7) is 0.201. The number of rotatable bonds is 7. The predicted molar refractivity (Wildman–Crippen MR) is 104 cm³/mol. The van der Waals surface area contributed by atoms with Crippen molar-refractivity contribution in [1.82, 2.24) is 5.32 Å². The Morgan fingerprint density at radius 2 is 1.81 bits per heavy atom. The first-order valence-electron chi connectivity index (χ1n) is 8.07. The van der Waals surface area contributed by atoms with E-state index in [9.17, 15) is 14.4 Å². The Hall–Kier alpha value is -3.45. The summed E-state index contributed by atoms with van der Waals surface area (Å²) < 4.78 is 0. The van der Waals surface area contributed by atoms with Crippen LogP contribution in [0.3, 0.4) is 0 Å². The minimum atomic E-state index is -1.02. The maximum Gasteiger partial charge on any atom is 0.335 e. The summed E-state index contributed by atoms with van der Waals surface area (Å²) in [7, 11) is 0. The third-order valence-electron chi connectivity index (χ3n) is 3.86. The lowest BCUT2D eigenvalue weighted by Crippen LogP contribution is -2.23.